The summed E-state index contributed by atoms with van der Waals surface area (Å²) >= 11 is 0. The van der Waals surface area contributed by atoms with Crippen LogP contribution in [0, 0.1) is 5.41 Å². The van der Waals surface area contributed by atoms with Crippen LogP contribution >= 0.6 is 0 Å². The average molecular weight is 308 g/mol. The van der Waals surface area contributed by atoms with Gasteiger partial charge in [-0.3, -0.25) is 4.79 Å². The van der Waals surface area contributed by atoms with Crippen LogP contribution in [0.15, 0.2) is 54.6 Å². The molecule has 0 fully saturated rings. The van der Waals surface area contributed by atoms with Crippen LogP contribution in [0.25, 0.3) is 0 Å². The highest BCUT2D eigenvalue weighted by molar-refractivity contribution is 5.84. The summed E-state index contributed by atoms with van der Waals surface area (Å²) in [6.07, 6.45) is 0.551. The van der Waals surface area contributed by atoms with E-state index in [1.807, 2.05) is 57.2 Å². The second kappa shape index (κ2) is 6.19. The Morgan fingerprint density at radius 1 is 1.09 bits per heavy atom. The number of hydrogen-bond acceptors (Lipinski definition) is 2. The lowest BCUT2D eigenvalue weighted by Crippen LogP contribution is -2.25. The van der Waals surface area contributed by atoms with Crippen LogP contribution in [0.5, 0.6) is 5.75 Å². The summed E-state index contributed by atoms with van der Waals surface area (Å²) in [5.74, 6) is 1.66. The van der Waals surface area contributed by atoms with Crippen molar-refractivity contribution in [2.75, 3.05) is 6.61 Å². The average Bonchev–Trinajstić information content (AvgIpc) is 2.96. The molecular weight excluding hydrogens is 284 g/mol. The smallest absolute Gasteiger partial charge is 0.138 e. The predicted octanol–water partition coefficient (Wildman–Crippen LogP) is 4.95. The monoisotopic (exact) mass is 308 g/mol. The van der Waals surface area contributed by atoms with E-state index in [0.29, 0.717) is 18.8 Å². The minimum Gasteiger partial charge on any atom is -0.493 e. The number of ketones is 1. The Balaban J connectivity index is 1.95. The van der Waals surface area contributed by atoms with Gasteiger partial charge in [-0.25, -0.2) is 0 Å². The van der Waals surface area contributed by atoms with E-state index in [0.717, 1.165) is 5.75 Å². The van der Waals surface area contributed by atoms with Crippen molar-refractivity contribution in [3.8, 4) is 5.75 Å². The highest BCUT2D eigenvalue weighted by atomic mass is 16.5. The molecule has 2 nitrogen and oxygen atoms in total. The van der Waals surface area contributed by atoms with Gasteiger partial charge < -0.3 is 4.74 Å². The van der Waals surface area contributed by atoms with Gasteiger partial charge in [0.05, 0.1) is 6.61 Å². The van der Waals surface area contributed by atoms with Crippen molar-refractivity contribution >= 4 is 5.78 Å². The highest BCUT2D eigenvalue weighted by Crippen LogP contribution is 2.44. The van der Waals surface area contributed by atoms with Crippen molar-refractivity contribution in [1.29, 1.82) is 0 Å². The van der Waals surface area contributed by atoms with Gasteiger partial charge in [-0.05, 0) is 11.6 Å². The molecule has 2 atom stereocenters. The minimum absolute atomic E-state index is 0.159. The SMILES string of the molecule is CC(C)(C)C(=O)CC(c1ccccc1)C1COc2ccccc21. The fraction of sp³-hybridized carbons (Fsp3) is 0.381. The maximum absolute atomic E-state index is 12.7. The van der Waals surface area contributed by atoms with Gasteiger partial charge in [0, 0.05) is 29.2 Å². The summed E-state index contributed by atoms with van der Waals surface area (Å²) in [6, 6.07) is 18.6. The van der Waals surface area contributed by atoms with E-state index < -0.39 is 0 Å². The van der Waals surface area contributed by atoms with Crippen molar-refractivity contribution in [3.05, 3.63) is 65.7 Å². The van der Waals surface area contributed by atoms with Crippen LogP contribution in [-0.2, 0) is 4.79 Å². The maximum Gasteiger partial charge on any atom is 0.138 e. The Kier molecular flexibility index (Phi) is 4.25. The van der Waals surface area contributed by atoms with Crippen molar-refractivity contribution < 1.29 is 9.53 Å². The molecule has 1 aliphatic rings. The molecule has 0 amide bonds. The van der Waals surface area contributed by atoms with Crippen LogP contribution in [0.3, 0.4) is 0 Å². The molecule has 2 aromatic rings. The Bertz CT molecular complexity index is 682. The molecule has 0 spiro atoms. The van der Waals surface area contributed by atoms with E-state index in [2.05, 4.69) is 18.2 Å². The molecular formula is C21H24O2. The standard InChI is InChI=1S/C21H24O2/c1-21(2,3)20(22)13-17(15-9-5-4-6-10-15)18-14-23-19-12-8-7-11-16(18)19/h4-12,17-18H,13-14H2,1-3H3. The molecule has 1 aliphatic heterocycles. The zero-order valence-corrected chi connectivity index (χ0v) is 14.1. The predicted molar refractivity (Wildman–Crippen MR) is 92.9 cm³/mol. The van der Waals surface area contributed by atoms with Crippen molar-refractivity contribution in [2.24, 2.45) is 5.41 Å². The van der Waals surface area contributed by atoms with Crippen LogP contribution in [-0.4, -0.2) is 12.4 Å². The molecule has 2 aromatic carbocycles. The third-order valence-corrected chi connectivity index (χ3v) is 4.69. The fourth-order valence-corrected chi connectivity index (χ4v) is 3.22. The maximum atomic E-state index is 12.7. The summed E-state index contributed by atoms with van der Waals surface area (Å²) < 4.78 is 5.87. The third kappa shape index (κ3) is 3.31. The first-order chi connectivity index (χ1) is 11.0. The number of fused-ring (bicyclic) bond motifs is 1. The quantitative estimate of drug-likeness (QED) is 0.798. The Morgan fingerprint density at radius 2 is 1.74 bits per heavy atom. The summed E-state index contributed by atoms with van der Waals surface area (Å²) in [5.41, 5.74) is 2.13. The summed E-state index contributed by atoms with van der Waals surface area (Å²) in [5, 5.41) is 0. The number of Topliss-reactive ketones (excluding diaryl/α,β-unsaturated/α-hetero) is 1. The lowest BCUT2D eigenvalue weighted by molar-refractivity contribution is -0.126. The van der Waals surface area contributed by atoms with Gasteiger partial charge in [-0.2, -0.15) is 0 Å². The Hall–Kier alpha value is -2.09. The zero-order valence-electron chi connectivity index (χ0n) is 14.1. The molecule has 0 aromatic heterocycles. The highest BCUT2D eigenvalue weighted by Gasteiger charge is 2.35. The number of para-hydroxylation sites is 1. The molecule has 0 aliphatic carbocycles. The molecule has 2 unspecified atom stereocenters. The van der Waals surface area contributed by atoms with Gasteiger partial charge in [-0.15, -0.1) is 0 Å². The van der Waals surface area contributed by atoms with Crippen LogP contribution in [0.1, 0.15) is 50.2 Å². The number of carbonyl (C=O) groups excluding carboxylic acids is 1. The van der Waals surface area contributed by atoms with Crippen LogP contribution in [0.4, 0.5) is 0 Å². The second-order valence-electron chi connectivity index (χ2n) is 7.35. The van der Waals surface area contributed by atoms with Gasteiger partial charge in [0.1, 0.15) is 11.5 Å². The number of ether oxygens (including phenoxy) is 1. The molecule has 120 valence electrons. The van der Waals surface area contributed by atoms with Gasteiger partial charge in [0.25, 0.3) is 0 Å². The van der Waals surface area contributed by atoms with Gasteiger partial charge >= 0.3 is 0 Å². The summed E-state index contributed by atoms with van der Waals surface area (Å²) in [4.78, 5) is 12.7. The molecule has 0 radical (unpaired) electrons. The zero-order chi connectivity index (χ0) is 16.4. The van der Waals surface area contributed by atoms with Crippen LogP contribution in [0.2, 0.25) is 0 Å². The largest absolute Gasteiger partial charge is 0.493 e. The third-order valence-electron chi connectivity index (χ3n) is 4.69. The fourth-order valence-electron chi connectivity index (χ4n) is 3.22. The van der Waals surface area contributed by atoms with Gasteiger partial charge in [0.15, 0.2) is 0 Å². The first kappa shape index (κ1) is 15.8. The van der Waals surface area contributed by atoms with E-state index in [1.165, 1.54) is 11.1 Å². The Morgan fingerprint density at radius 3 is 2.43 bits per heavy atom. The van der Waals surface area contributed by atoms with E-state index in [9.17, 15) is 4.79 Å². The lowest BCUT2D eigenvalue weighted by atomic mass is 9.76. The van der Waals surface area contributed by atoms with E-state index in [4.69, 9.17) is 4.74 Å². The molecule has 0 bridgehead atoms. The van der Waals surface area contributed by atoms with Crippen molar-refractivity contribution in [1.82, 2.24) is 0 Å². The van der Waals surface area contributed by atoms with Gasteiger partial charge in [0.2, 0.25) is 0 Å². The second-order valence-corrected chi connectivity index (χ2v) is 7.35. The Labute approximate surface area is 138 Å². The number of hydrogen-bond donors (Lipinski definition) is 0. The minimum atomic E-state index is -0.313. The number of rotatable bonds is 4. The molecule has 2 heteroatoms. The van der Waals surface area contributed by atoms with E-state index in [-0.39, 0.29) is 17.3 Å². The molecule has 0 saturated carbocycles. The molecule has 3 rings (SSSR count). The van der Waals surface area contributed by atoms with Crippen molar-refractivity contribution in [2.45, 2.75) is 39.0 Å². The molecule has 0 saturated heterocycles. The lowest BCUT2D eigenvalue weighted by Gasteiger charge is -2.26. The summed E-state index contributed by atoms with van der Waals surface area (Å²) in [6.45, 7) is 6.64. The molecule has 0 N–H and O–H groups in total. The topological polar surface area (TPSA) is 26.3 Å². The molecule has 23 heavy (non-hydrogen) atoms. The van der Waals surface area contributed by atoms with E-state index >= 15 is 0 Å². The van der Waals surface area contributed by atoms with Gasteiger partial charge in [-0.1, -0.05) is 69.3 Å². The summed E-state index contributed by atoms with van der Waals surface area (Å²) in [7, 11) is 0. The van der Waals surface area contributed by atoms with Crippen molar-refractivity contribution in [3.63, 3.8) is 0 Å². The number of benzene rings is 2. The first-order valence-electron chi connectivity index (χ1n) is 8.27. The first-order valence-corrected chi connectivity index (χ1v) is 8.27. The van der Waals surface area contributed by atoms with E-state index in [1.54, 1.807) is 0 Å². The number of carbonyl (C=O) groups is 1. The van der Waals surface area contributed by atoms with Crippen LogP contribution < -0.4 is 4.74 Å². The normalized spacial score (nSPS) is 18.1. The molecule has 1 heterocycles.